The largest absolute Gasteiger partial charge is 0.310 e. The summed E-state index contributed by atoms with van der Waals surface area (Å²) in [7, 11) is 0. The van der Waals surface area contributed by atoms with Crippen LogP contribution in [0.15, 0.2) is 182 Å². The summed E-state index contributed by atoms with van der Waals surface area (Å²) in [4.78, 5) is 4.94. The first-order valence-corrected chi connectivity index (χ1v) is 25.3. The van der Waals surface area contributed by atoms with Crippen molar-refractivity contribution in [1.29, 1.82) is 0 Å². The van der Waals surface area contributed by atoms with E-state index in [9.17, 15) is 0 Å². The fraction of sp³-hybridized carbons (Fsp3) is 0.159. The van der Waals surface area contributed by atoms with Gasteiger partial charge in [-0.25, -0.2) is 0 Å². The lowest BCUT2D eigenvalue weighted by atomic mass is 9.74. The molecule has 2 nitrogen and oxygen atoms in total. The first kappa shape index (κ1) is 44.3. The second-order valence-corrected chi connectivity index (χ2v) is 20.9. The Kier molecular flexibility index (Phi) is 10.4. The summed E-state index contributed by atoms with van der Waals surface area (Å²) in [5.74, 6) is 0. The van der Waals surface area contributed by atoms with Gasteiger partial charge in [-0.3, -0.25) is 0 Å². The lowest BCUT2D eigenvalue weighted by Gasteiger charge is -2.30. The van der Waals surface area contributed by atoms with Crippen molar-refractivity contribution in [2.45, 2.75) is 74.7 Å². The predicted octanol–water partition coefficient (Wildman–Crippen LogP) is 19.5. The van der Waals surface area contributed by atoms with Gasteiger partial charge in [0.05, 0.1) is 5.69 Å². The highest BCUT2D eigenvalue weighted by atomic mass is 15.1. The molecule has 0 saturated heterocycles. The van der Waals surface area contributed by atoms with Crippen LogP contribution in [0.5, 0.6) is 0 Å². The van der Waals surface area contributed by atoms with Gasteiger partial charge in [0.1, 0.15) is 0 Å². The summed E-state index contributed by atoms with van der Waals surface area (Å²) in [5, 5.41) is 2.55. The molecular weight excluding hydrogens is 857 g/mol. The topological polar surface area (TPSA) is 6.48 Å². The van der Waals surface area contributed by atoms with Gasteiger partial charge < -0.3 is 9.80 Å². The molecule has 10 aromatic rings. The Bertz CT molecular complexity index is 3710. The van der Waals surface area contributed by atoms with Crippen LogP contribution in [-0.4, -0.2) is 0 Å². The summed E-state index contributed by atoms with van der Waals surface area (Å²) < 4.78 is 0. The van der Waals surface area contributed by atoms with Crippen molar-refractivity contribution in [3.63, 3.8) is 0 Å². The van der Waals surface area contributed by atoms with E-state index < -0.39 is 0 Å². The van der Waals surface area contributed by atoms with Gasteiger partial charge in [0, 0.05) is 39.2 Å². The normalized spacial score (nSPS) is 12.8. The van der Waals surface area contributed by atoms with E-state index in [2.05, 4.69) is 261 Å². The Morgan fingerprint density at radius 2 is 0.732 bits per heavy atom. The average molecular weight is 917 g/mol. The third-order valence-corrected chi connectivity index (χ3v) is 16.2. The zero-order chi connectivity index (χ0) is 49.0. The molecule has 346 valence electrons. The van der Waals surface area contributed by atoms with E-state index in [0.29, 0.717) is 0 Å². The summed E-state index contributed by atoms with van der Waals surface area (Å²) in [5.41, 5.74) is 32.6. The SMILES string of the molecule is Cc1ccc(N(c2ccc(C)c(C)c2)c2ccc3c(c2)C(C)(C)c2c(-c4ccccc4)c4c(c(-c5ccccc5)c2-3)-c2ccc(N(c3ccc(C)c(C)c3)c3ccc(C)c(C)c3)c3cccc-4c23)cc1C. The highest BCUT2D eigenvalue weighted by molar-refractivity contribution is 6.26. The molecule has 0 saturated carbocycles. The number of aryl methyl sites for hydroxylation is 8. The third kappa shape index (κ3) is 6.90. The molecule has 2 heteroatoms. The van der Waals surface area contributed by atoms with E-state index in [4.69, 9.17) is 0 Å². The van der Waals surface area contributed by atoms with Gasteiger partial charge in [-0.2, -0.15) is 0 Å². The predicted molar refractivity (Wildman–Crippen MR) is 304 cm³/mol. The van der Waals surface area contributed by atoms with Gasteiger partial charge in [-0.15, -0.1) is 0 Å². The fourth-order valence-electron chi connectivity index (χ4n) is 11.8. The van der Waals surface area contributed by atoms with E-state index in [1.807, 2.05) is 0 Å². The van der Waals surface area contributed by atoms with Crippen LogP contribution in [0.25, 0.3) is 66.4 Å². The van der Waals surface area contributed by atoms with Crippen molar-refractivity contribution in [3.8, 4) is 55.6 Å². The maximum atomic E-state index is 2.50. The van der Waals surface area contributed by atoms with Crippen LogP contribution in [0, 0.1) is 55.4 Å². The Hall–Kier alpha value is -7.94. The van der Waals surface area contributed by atoms with Gasteiger partial charge in [-0.05, 0) is 239 Å². The molecule has 0 fully saturated rings. The Balaban J connectivity index is 1.16. The molecule has 0 amide bonds. The summed E-state index contributed by atoms with van der Waals surface area (Å²) >= 11 is 0. The standard InChI is InChI=1S/C69H60N2/c1-41-24-28-51(36-45(41)5)70(52-29-25-42(2)46(6)37-52)55-32-33-56-60(40-55)69(9,10)68-63(50-20-15-12-16-21-50)66-58-23-17-22-57-61(35-34-59(64(57)58)65(66)62(67(56)68)49-18-13-11-14-19-49)71(53-30-26-43(3)47(7)38-53)54-31-27-44(4)48(8)39-54/h11-40H,1-10H3. The van der Waals surface area contributed by atoms with E-state index in [-0.39, 0.29) is 5.41 Å². The molecular formula is C69H60N2. The van der Waals surface area contributed by atoms with E-state index in [0.717, 1.165) is 28.4 Å². The zero-order valence-corrected chi connectivity index (χ0v) is 42.7. The van der Waals surface area contributed by atoms with Crippen LogP contribution in [0.1, 0.15) is 69.5 Å². The molecule has 2 aliphatic rings. The van der Waals surface area contributed by atoms with Crippen molar-refractivity contribution in [2.24, 2.45) is 0 Å². The van der Waals surface area contributed by atoms with Gasteiger partial charge in [0.25, 0.3) is 0 Å². The molecule has 10 aromatic carbocycles. The second-order valence-electron chi connectivity index (χ2n) is 20.9. The van der Waals surface area contributed by atoms with Crippen LogP contribution < -0.4 is 9.80 Å². The minimum absolute atomic E-state index is 0.375. The van der Waals surface area contributed by atoms with Crippen LogP contribution in [0.4, 0.5) is 34.1 Å². The Morgan fingerprint density at radius 3 is 1.24 bits per heavy atom. The van der Waals surface area contributed by atoms with E-state index in [1.165, 1.54) is 128 Å². The quantitative estimate of drug-likeness (QED) is 0.150. The summed E-state index contributed by atoms with van der Waals surface area (Å²) in [6, 6.07) is 69.2. The molecule has 71 heavy (non-hydrogen) atoms. The molecule has 0 aliphatic heterocycles. The minimum Gasteiger partial charge on any atom is -0.310 e. The van der Waals surface area contributed by atoms with Gasteiger partial charge in [0.2, 0.25) is 0 Å². The maximum absolute atomic E-state index is 2.50. The molecule has 0 N–H and O–H groups in total. The second kappa shape index (κ2) is 16.6. The maximum Gasteiger partial charge on any atom is 0.0540 e. The average Bonchev–Trinajstić information content (AvgIpc) is 3.82. The fourth-order valence-corrected chi connectivity index (χ4v) is 11.8. The molecule has 12 rings (SSSR count). The molecule has 0 atom stereocenters. The van der Waals surface area contributed by atoms with Crippen molar-refractivity contribution in [1.82, 2.24) is 0 Å². The Morgan fingerprint density at radius 1 is 0.310 bits per heavy atom. The first-order chi connectivity index (χ1) is 34.3. The monoisotopic (exact) mass is 916 g/mol. The number of anilines is 6. The van der Waals surface area contributed by atoms with Crippen LogP contribution in [0.3, 0.4) is 0 Å². The van der Waals surface area contributed by atoms with Crippen LogP contribution >= 0.6 is 0 Å². The molecule has 2 aliphatic carbocycles. The van der Waals surface area contributed by atoms with Gasteiger partial charge >= 0.3 is 0 Å². The highest BCUT2D eigenvalue weighted by Crippen LogP contribution is 2.65. The first-order valence-electron chi connectivity index (χ1n) is 25.3. The summed E-state index contributed by atoms with van der Waals surface area (Å²) in [6.45, 7) is 22.6. The number of rotatable bonds is 8. The number of hydrogen-bond donors (Lipinski definition) is 0. The molecule has 0 aromatic heterocycles. The summed E-state index contributed by atoms with van der Waals surface area (Å²) in [6.07, 6.45) is 0. The third-order valence-electron chi connectivity index (χ3n) is 16.2. The van der Waals surface area contributed by atoms with Crippen molar-refractivity contribution >= 4 is 44.9 Å². The smallest absolute Gasteiger partial charge is 0.0540 e. The van der Waals surface area contributed by atoms with E-state index >= 15 is 0 Å². The minimum atomic E-state index is -0.375. The van der Waals surface area contributed by atoms with Crippen molar-refractivity contribution in [3.05, 3.63) is 238 Å². The van der Waals surface area contributed by atoms with Crippen molar-refractivity contribution in [2.75, 3.05) is 9.80 Å². The molecule has 0 unspecified atom stereocenters. The number of hydrogen-bond acceptors (Lipinski definition) is 2. The number of benzene rings is 10. The molecule has 0 bridgehead atoms. The molecule has 0 heterocycles. The van der Waals surface area contributed by atoms with Crippen LogP contribution in [0.2, 0.25) is 0 Å². The Labute approximate surface area is 420 Å². The lowest BCUT2D eigenvalue weighted by molar-refractivity contribution is 0.662. The van der Waals surface area contributed by atoms with Crippen LogP contribution in [-0.2, 0) is 5.41 Å². The molecule has 0 radical (unpaired) electrons. The van der Waals surface area contributed by atoms with Gasteiger partial charge in [-0.1, -0.05) is 129 Å². The number of fused-ring (bicyclic) bond motifs is 6. The van der Waals surface area contributed by atoms with E-state index in [1.54, 1.807) is 0 Å². The molecule has 0 spiro atoms. The zero-order valence-electron chi connectivity index (χ0n) is 42.7. The number of nitrogens with zero attached hydrogens (tertiary/aromatic N) is 2. The lowest BCUT2D eigenvalue weighted by Crippen LogP contribution is -2.18. The highest BCUT2D eigenvalue weighted by Gasteiger charge is 2.44. The van der Waals surface area contributed by atoms with Crippen molar-refractivity contribution < 1.29 is 0 Å². The van der Waals surface area contributed by atoms with Gasteiger partial charge in [0.15, 0.2) is 0 Å².